The molecule has 1 aromatic heterocycles. The second kappa shape index (κ2) is 8.43. The summed E-state index contributed by atoms with van der Waals surface area (Å²) in [5.41, 5.74) is 2.11. The van der Waals surface area contributed by atoms with Gasteiger partial charge in [-0.1, -0.05) is 31.2 Å². The average Bonchev–Trinajstić information content (AvgIpc) is 3.35. The van der Waals surface area contributed by atoms with Crippen LogP contribution in [0.2, 0.25) is 0 Å². The third kappa shape index (κ3) is 3.40. The van der Waals surface area contributed by atoms with Gasteiger partial charge in [0.2, 0.25) is 5.91 Å². The molecular formula is C25H23N3O4. The third-order valence-corrected chi connectivity index (χ3v) is 5.72. The molecule has 7 nitrogen and oxygen atoms in total. The zero-order valence-electron chi connectivity index (χ0n) is 17.6. The van der Waals surface area contributed by atoms with E-state index < -0.39 is 18.1 Å². The van der Waals surface area contributed by atoms with Crippen molar-refractivity contribution in [3.63, 3.8) is 0 Å². The number of hydroxylamine groups is 1. The van der Waals surface area contributed by atoms with Crippen molar-refractivity contribution in [1.29, 1.82) is 0 Å². The molecule has 3 aromatic rings. The van der Waals surface area contributed by atoms with Crippen molar-refractivity contribution >= 4 is 23.2 Å². The number of amides is 2. The number of aromatic nitrogens is 1. The topological polar surface area (TPSA) is 72.0 Å². The summed E-state index contributed by atoms with van der Waals surface area (Å²) in [6.45, 7) is 2.65. The highest BCUT2D eigenvalue weighted by atomic mass is 16.7. The fourth-order valence-corrected chi connectivity index (χ4v) is 4.27. The number of anilines is 2. The van der Waals surface area contributed by atoms with E-state index in [1.54, 1.807) is 41.7 Å². The summed E-state index contributed by atoms with van der Waals surface area (Å²) in [6.07, 6.45) is 3.40. The first-order chi connectivity index (χ1) is 15.7. The molecule has 2 aromatic carbocycles. The number of nitrogens with zero attached hydrogens (tertiary/aromatic N) is 3. The Morgan fingerprint density at radius 2 is 1.72 bits per heavy atom. The van der Waals surface area contributed by atoms with Crippen molar-refractivity contribution in [1.82, 2.24) is 4.98 Å². The Labute approximate surface area is 186 Å². The SMILES string of the molecule is CCCOc1ccc(N2C(=O)[C@@H]3[C@H](ON(c4ccccc4)[C@H]3c3cccnc3)C2=O)cc1. The first-order valence-corrected chi connectivity index (χ1v) is 10.7. The van der Waals surface area contributed by atoms with Gasteiger partial charge in [0.1, 0.15) is 11.7 Å². The number of carbonyl (C=O) groups excluding carboxylic acids is 2. The Balaban J connectivity index is 1.49. The molecule has 0 unspecified atom stereocenters. The lowest BCUT2D eigenvalue weighted by Gasteiger charge is -2.28. The summed E-state index contributed by atoms with van der Waals surface area (Å²) in [4.78, 5) is 38.4. The molecule has 0 spiro atoms. The number of hydrogen-bond acceptors (Lipinski definition) is 6. The lowest BCUT2D eigenvalue weighted by molar-refractivity contribution is -0.126. The van der Waals surface area contributed by atoms with E-state index in [9.17, 15) is 9.59 Å². The van der Waals surface area contributed by atoms with Crippen LogP contribution in [0.5, 0.6) is 5.75 Å². The number of imide groups is 1. The van der Waals surface area contributed by atoms with Crippen molar-refractivity contribution in [2.24, 2.45) is 5.92 Å². The zero-order valence-corrected chi connectivity index (χ0v) is 17.6. The van der Waals surface area contributed by atoms with Crippen LogP contribution in [0.25, 0.3) is 0 Å². The van der Waals surface area contributed by atoms with Crippen LogP contribution in [0, 0.1) is 5.92 Å². The fourth-order valence-electron chi connectivity index (χ4n) is 4.27. The van der Waals surface area contributed by atoms with Crippen molar-refractivity contribution < 1.29 is 19.2 Å². The predicted molar refractivity (Wildman–Crippen MR) is 119 cm³/mol. The predicted octanol–water partition coefficient (Wildman–Crippen LogP) is 3.92. The third-order valence-electron chi connectivity index (χ3n) is 5.72. The summed E-state index contributed by atoms with van der Waals surface area (Å²) in [6, 6.07) is 19.8. The minimum Gasteiger partial charge on any atom is -0.494 e. The van der Waals surface area contributed by atoms with Gasteiger partial charge in [0.25, 0.3) is 5.91 Å². The molecule has 0 bridgehead atoms. The van der Waals surface area contributed by atoms with E-state index >= 15 is 0 Å². The van der Waals surface area contributed by atoms with E-state index in [1.807, 2.05) is 49.4 Å². The molecule has 2 aliphatic rings. The van der Waals surface area contributed by atoms with Gasteiger partial charge in [-0.15, -0.1) is 0 Å². The van der Waals surface area contributed by atoms with Gasteiger partial charge in [-0.25, -0.2) is 9.96 Å². The summed E-state index contributed by atoms with van der Waals surface area (Å²) in [5.74, 6) is -0.624. The smallest absolute Gasteiger partial charge is 0.266 e. The number of benzene rings is 2. The van der Waals surface area contributed by atoms with Crippen LogP contribution in [-0.2, 0) is 14.4 Å². The summed E-state index contributed by atoms with van der Waals surface area (Å²) in [7, 11) is 0. The minimum atomic E-state index is -0.899. The number of carbonyl (C=O) groups is 2. The maximum absolute atomic E-state index is 13.6. The number of rotatable bonds is 6. The Morgan fingerprint density at radius 3 is 2.41 bits per heavy atom. The summed E-state index contributed by atoms with van der Waals surface area (Å²) in [5, 5.41) is 1.67. The highest BCUT2D eigenvalue weighted by molar-refractivity contribution is 6.23. The van der Waals surface area contributed by atoms with Crippen LogP contribution in [0.1, 0.15) is 24.9 Å². The van der Waals surface area contributed by atoms with Gasteiger partial charge in [0.05, 0.1) is 24.0 Å². The van der Waals surface area contributed by atoms with Crippen LogP contribution in [-0.4, -0.2) is 29.5 Å². The number of pyridine rings is 1. The lowest BCUT2D eigenvalue weighted by Crippen LogP contribution is -2.37. The standard InChI is InChI=1S/C25H23N3O4/c1-2-15-31-20-12-10-18(11-13-20)27-24(29)21-22(17-7-6-14-26-16-17)28(32-23(21)25(27)30)19-8-4-3-5-9-19/h3-14,16,21-23H,2,15H2,1H3/t21-,22-,23-/m0/s1. The fraction of sp³-hybridized carbons (Fsp3) is 0.240. The highest BCUT2D eigenvalue weighted by Crippen LogP contribution is 2.47. The molecule has 3 atom stereocenters. The van der Waals surface area contributed by atoms with Crippen LogP contribution in [0.4, 0.5) is 11.4 Å². The second-order valence-electron chi connectivity index (χ2n) is 7.80. The molecule has 7 heteroatoms. The molecule has 0 saturated carbocycles. The molecule has 2 fully saturated rings. The summed E-state index contributed by atoms with van der Waals surface area (Å²) >= 11 is 0. The maximum Gasteiger partial charge on any atom is 0.266 e. The molecule has 2 saturated heterocycles. The molecule has 3 heterocycles. The van der Waals surface area contributed by atoms with E-state index in [0.29, 0.717) is 18.0 Å². The molecule has 2 aliphatic heterocycles. The van der Waals surface area contributed by atoms with Gasteiger partial charge in [0, 0.05) is 12.4 Å². The van der Waals surface area contributed by atoms with Gasteiger partial charge in [0.15, 0.2) is 6.10 Å². The average molecular weight is 429 g/mol. The molecule has 0 N–H and O–H groups in total. The van der Waals surface area contributed by atoms with E-state index in [2.05, 4.69) is 4.98 Å². The Bertz CT molecular complexity index is 1110. The quantitative estimate of drug-likeness (QED) is 0.553. The molecular weight excluding hydrogens is 406 g/mol. The number of ether oxygens (including phenoxy) is 1. The van der Waals surface area contributed by atoms with E-state index in [-0.39, 0.29) is 11.8 Å². The van der Waals surface area contributed by atoms with Gasteiger partial charge in [-0.3, -0.25) is 19.4 Å². The highest BCUT2D eigenvalue weighted by Gasteiger charge is 2.60. The van der Waals surface area contributed by atoms with Gasteiger partial charge < -0.3 is 4.74 Å². The lowest BCUT2D eigenvalue weighted by atomic mass is 9.91. The molecule has 0 aliphatic carbocycles. The Morgan fingerprint density at radius 1 is 0.938 bits per heavy atom. The van der Waals surface area contributed by atoms with E-state index in [0.717, 1.165) is 17.7 Å². The molecule has 0 radical (unpaired) electrons. The number of para-hydroxylation sites is 1. The van der Waals surface area contributed by atoms with Gasteiger partial charge >= 0.3 is 0 Å². The number of hydrogen-bond donors (Lipinski definition) is 0. The molecule has 162 valence electrons. The monoisotopic (exact) mass is 429 g/mol. The Hall–Kier alpha value is -3.71. The minimum absolute atomic E-state index is 0.283. The maximum atomic E-state index is 13.6. The van der Waals surface area contributed by atoms with E-state index in [4.69, 9.17) is 9.57 Å². The van der Waals surface area contributed by atoms with Crippen molar-refractivity contribution in [2.75, 3.05) is 16.6 Å². The van der Waals surface area contributed by atoms with Crippen molar-refractivity contribution in [3.05, 3.63) is 84.7 Å². The zero-order chi connectivity index (χ0) is 22.1. The Kier molecular flexibility index (Phi) is 5.33. The van der Waals surface area contributed by atoms with Crippen molar-refractivity contribution in [3.8, 4) is 5.75 Å². The van der Waals surface area contributed by atoms with Crippen LogP contribution < -0.4 is 14.7 Å². The normalized spacial score (nSPS) is 22.3. The van der Waals surface area contributed by atoms with Gasteiger partial charge in [-0.05, 0) is 54.4 Å². The van der Waals surface area contributed by atoms with Crippen molar-refractivity contribution in [2.45, 2.75) is 25.5 Å². The van der Waals surface area contributed by atoms with Crippen LogP contribution in [0.3, 0.4) is 0 Å². The summed E-state index contributed by atoms with van der Waals surface area (Å²) < 4.78 is 5.61. The van der Waals surface area contributed by atoms with Crippen LogP contribution >= 0.6 is 0 Å². The largest absolute Gasteiger partial charge is 0.494 e. The molecule has 5 rings (SSSR count). The van der Waals surface area contributed by atoms with Crippen LogP contribution in [0.15, 0.2) is 79.1 Å². The van der Waals surface area contributed by atoms with E-state index in [1.165, 1.54) is 4.90 Å². The first-order valence-electron chi connectivity index (χ1n) is 10.7. The molecule has 2 amide bonds. The molecule has 32 heavy (non-hydrogen) atoms. The van der Waals surface area contributed by atoms with Gasteiger partial charge in [-0.2, -0.15) is 0 Å². The second-order valence-corrected chi connectivity index (χ2v) is 7.80. The first kappa shape index (κ1) is 20.2. The number of fused-ring (bicyclic) bond motifs is 1.